The Labute approximate surface area is 180 Å². The Morgan fingerprint density at radius 1 is 1.00 bits per heavy atom. The van der Waals surface area contributed by atoms with Crippen molar-refractivity contribution < 1.29 is 14.3 Å². The third-order valence-corrected chi connectivity index (χ3v) is 5.18. The molecule has 6 heteroatoms. The van der Waals surface area contributed by atoms with Crippen molar-refractivity contribution in [1.82, 2.24) is 4.98 Å². The van der Waals surface area contributed by atoms with E-state index in [2.05, 4.69) is 4.98 Å². The van der Waals surface area contributed by atoms with Gasteiger partial charge in [-0.15, -0.1) is 0 Å². The Hall–Kier alpha value is -3.98. The summed E-state index contributed by atoms with van der Waals surface area (Å²) < 4.78 is 5.13. The van der Waals surface area contributed by atoms with Crippen LogP contribution in [0.1, 0.15) is 39.2 Å². The summed E-state index contributed by atoms with van der Waals surface area (Å²) in [6.07, 6.45) is 0.348. The minimum Gasteiger partial charge on any atom is -0.457 e. The number of benzene rings is 2. The number of hydrogen-bond acceptors (Lipinski definition) is 5. The summed E-state index contributed by atoms with van der Waals surface area (Å²) in [5.74, 6) is -0.797. The molecule has 0 aliphatic carbocycles. The zero-order chi connectivity index (χ0) is 22.4. The lowest BCUT2D eigenvalue weighted by atomic mass is 9.99. The first-order valence-corrected chi connectivity index (χ1v) is 9.87. The summed E-state index contributed by atoms with van der Waals surface area (Å²) in [5.41, 5.74) is 4.04. The van der Waals surface area contributed by atoms with E-state index in [0.717, 1.165) is 16.7 Å². The monoisotopic (exact) mass is 414 g/mol. The number of esters is 1. The van der Waals surface area contributed by atoms with Gasteiger partial charge in [-0.05, 0) is 42.5 Å². The van der Waals surface area contributed by atoms with Gasteiger partial charge in [-0.1, -0.05) is 54.6 Å². The van der Waals surface area contributed by atoms with Gasteiger partial charge in [0.05, 0.1) is 0 Å². The molecule has 6 nitrogen and oxygen atoms in total. The molecule has 3 rings (SSSR count). The van der Waals surface area contributed by atoms with Gasteiger partial charge in [-0.2, -0.15) is 5.26 Å². The minimum absolute atomic E-state index is 0.0405. The van der Waals surface area contributed by atoms with E-state index in [-0.39, 0.29) is 24.4 Å². The molecule has 0 spiro atoms. The number of hydrogen-bond donors (Lipinski definition) is 1. The molecule has 0 atom stereocenters. The molecule has 1 N–H and O–H groups in total. The molecule has 0 radical (unpaired) electrons. The number of aromatic nitrogens is 1. The summed E-state index contributed by atoms with van der Waals surface area (Å²) in [5, 5.41) is 9.13. The molecular weight excluding hydrogens is 392 g/mol. The highest BCUT2D eigenvalue weighted by atomic mass is 16.5. The molecule has 0 saturated heterocycles. The SMILES string of the molecule is Cc1[nH]c(=O)c(C#N)c(C)c1CCC(=O)OCC(=O)c1ccc(-c2ccccc2)cc1. The fourth-order valence-electron chi connectivity index (χ4n) is 3.43. The highest BCUT2D eigenvalue weighted by molar-refractivity contribution is 5.98. The van der Waals surface area contributed by atoms with Crippen LogP contribution in [-0.2, 0) is 16.0 Å². The van der Waals surface area contributed by atoms with Crippen molar-refractivity contribution in [3.63, 3.8) is 0 Å². The number of carbonyl (C=O) groups is 2. The smallest absolute Gasteiger partial charge is 0.306 e. The molecule has 0 amide bonds. The zero-order valence-electron chi connectivity index (χ0n) is 17.4. The second-order valence-corrected chi connectivity index (χ2v) is 7.20. The average Bonchev–Trinajstić information content (AvgIpc) is 2.78. The van der Waals surface area contributed by atoms with Gasteiger partial charge in [0.2, 0.25) is 0 Å². The topological polar surface area (TPSA) is 100 Å². The van der Waals surface area contributed by atoms with E-state index in [4.69, 9.17) is 10.00 Å². The second-order valence-electron chi connectivity index (χ2n) is 7.20. The van der Waals surface area contributed by atoms with E-state index in [0.29, 0.717) is 23.2 Å². The van der Waals surface area contributed by atoms with Crippen LogP contribution >= 0.6 is 0 Å². The van der Waals surface area contributed by atoms with Gasteiger partial charge in [-0.3, -0.25) is 14.4 Å². The minimum atomic E-state index is -0.516. The predicted molar refractivity (Wildman–Crippen MR) is 117 cm³/mol. The summed E-state index contributed by atoms with van der Waals surface area (Å²) in [7, 11) is 0. The quantitative estimate of drug-likeness (QED) is 0.467. The number of nitrogens with zero attached hydrogens (tertiary/aromatic N) is 1. The molecule has 156 valence electrons. The van der Waals surface area contributed by atoms with Crippen molar-refractivity contribution in [2.45, 2.75) is 26.7 Å². The maximum Gasteiger partial charge on any atom is 0.306 e. The van der Waals surface area contributed by atoms with Gasteiger partial charge >= 0.3 is 5.97 Å². The van der Waals surface area contributed by atoms with E-state index in [1.165, 1.54) is 0 Å². The standard InChI is InChI=1S/C25H22N2O4/c1-16-21(17(2)27-25(30)22(16)14-26)12-13-24(29)31-15-23(28)20-10-8-19(9-11-20)18-6-4-3-5-7-18/h3-11H,12-13,15H2,1-2H3,(H,27,30). The lowest BCUT2D eigenvalue weighted by Gasteiger charge is -2.10. The van der Waals surface area contributed by atoms with Crippen molar-refractivity contribution in [3.8, 4) is 17.2 Å². The molecule has 0 aliphatic rings. The number of nitriles is 1. The van der Waals surface area contributed by atoms with Crippen molar-refractivity contribution in [1.29, 1.82) is 5.26 Å². The first-order valence-electron chi connectivity index (χ1n) is 9.87. The van der Waals surface area contributed by atoms with E-state index >= 15 is 0 Å². The van der Waals surface area contributed by atoms with Gasteiger partial charge < -0.3 is 9.72 Å². The number of pyridine rings is 1. The third kappa shape index (κ3) is 5.14. The predicted octanol–water partition coefficient (Wildman–Crippen LogP) is 3.89. The highest BCUT2D eigenvalue weighted by Crippen LogP contribution is 2.19. The highest BCUT2D eigenvalue weighted by Gasteiger charge is 2.15. The van der Waals surface area contributed by atoms with E-state index in [1.807, 2.05) is 48.5 Å². The Kier molecular flexibility index (Phi) is 6.78. The lowest BCUT2D eigenvalue weighted by molar-refractivity contribution is -0.142. The number of rotatable bonds is 7. The number of ether oxygens (including phenoxy) is 1. The van der Waals surface area contributed by atoms with Crippen LogP contribution in [-0.4, -0.2) is 23.3 Å². The molecule has 31 heavy (non-hydrogen) atoms. The number of aryl methyl sites for hydroxylation is 1. The molecular formula is C25H22N2O4. The fraction of sp³-hybridized carbons (Fsp3) is 0.200. The van der Waals surface area contributed by atoms with Crippen molar-refractivity contribution >= 4 is 11.8 Å². The summed E-state index contributed by atoms with van der Waals surface area (Å²) >= 11 is 0. The number of carbonyl (C=O) groups excluding carboxylic acids is 2. The van der Waals surface area contributed by atoms with Crippen LogP contribution in [0.5, 0.6) is 0 Å². The normalized spacial score (nSPS) is 10.4. The molecule has 0 bridgehead atoms. The Balaban J connectivity index is 1.56. The van der Waals surface area contributed by atoms with Crippen LogP contribution in [0.2, 0.25) is 0 Å². The first kappa shape index (κ1) is 21.7. The Morgan fingerprint density at radius 3 is 2.29 bits per heavy atom. The van der Waals surface area contributed by atoms with Gasteiger partial charge in [-0.25, -0.2) is 0 Å². The van der Waals surface area contributed by atoms with Crippen molar-refractivity contribution in [3.05, 3.63) is 92.9 Å². The Morgan fingerprint density at radius 2 is 1.65 bits per heavy atom. The molecule has 0 unspecified atom stereocenters. The van der Waals surface area contributed by atoms with Crippen LogP contribution in [0.3, 0.4) is 0 Å². The molecule has 2 aromatic carbocycles. The molecule has 1 aromatic heterocycles. The van der Waals surface area contributed by atoms with E-state index in [9.17, 15) is 14.4 Å². The van der Waals surface area contributed by atoms with Crippen LogP contribution in [0.25, 0.3) is 11.1 Å². The Bertz CT molecular complexity index is 1200. The fourth-order valence-corrected chi connectivity index (χ4v) is 3.43. The van der Waals surface area contributed by atoms with E-state index < -0.39 is 11.5 Å². The van der Waals surface area contributed by atoms with Gasteiger partial charge in [0.15, 0.2) is 12.4 Å². The molecule has 0 fully saturated rings. The second kappa shape index (κ2) is 9.68. The molecule has 1 heterocycles. The number of Topliss-reactive ketones (excluding diaryl/α,β-unsaturated/α-hetero) is 1. The van der Waals surface area contributed by atoms with Crippen molar-refractivity contribution in [2.75, 3.05) is 6.61 Å². The molecule has 0 saturated carbocycles. The number of H-pyrrole nitrogens is 1. The number of nitrogens with one attached hydrogen (secondary N) is 1. The largest absolute Gasteiger partial charge is 0.457 e. The van der Waals surface area contributed by atoms with Gasteiger partial charge in [0.1, 0.15) is 11.6 Å². The zero-order valence-corrected chi connectivity index (χ0v) is 17.4. The summed E-state index contributed by atoms with van der Waals surface area (Å²) in [6, 6.07) is 18.9. The average molecular weight is 414 g/mol. The molecule has 0 aliphatic heterocycles. The maximum atomic E-state index is 12.3. The van der Waals surface area contributed by atoms with Crippen LogP contribution in [0.4, 0.5) is 0 Å². The van der Waals surface area contributed by atoms with Crippen LogP contribution in [0, 0.1) is 25.2 Å². The van der Waals surface area contributed by atoms with Crippen molar-refractivity contribution in [2.24, 2.45) is 0 Å². The van der Waals surface area contributed by atoms with Crippen LogP contribution in [0.15, 0.2) is 59.4 Å². The number of ketones is 1. The van der Waals surface area contributed by atoms with Gasteiger partial charge in [0, 0.05) is 17.7 Å². The maximum absolute atomic E-state index is 12.3. The summed E-state index contributed by atoms with van der Waals surface area (Å²) in [4.78, 5) is 38.9. The molecule has 3 aromatic rings. The van der Waals surface area contributed by atoms with Crippen LogP contribution < -0.4 is 5.56 Å². The third-order valence-electron chi connectivity index (χ3n) is 5.18. The lowest BCUT2D eigenvalue weighted by Crippen LogP contribution is -2.18. The summed E-state index contributed by atoms with van der Waals surface area (Å²) in [6.45, 7) is 3.07. The van der Waals surface area contributed by atoms with Gasteiger partial charge in [0.25, 0.3) is 5.56 Å². The first-order chi connectivity index (χ1) is 14.9. The number of aromatic amines is 1. The van der Waals surface area contributed by atoms with E-state index in [1.54, 1.807) is 26.0 Å².